The van der Waals surface area contributed by atoms with Crippen molar-refractivity contribution < 1.29 is 9.18 Å². The molecule has 0 saturated carbocycles. The molecular formula is C17H12FNO. The fraction of sp³-hybridized carbons (Fsp3) is 0. The van der Waals surface area contributed by atoms with Crippen molar-refractivity contribution in [3.05, 3.63) is 72.0 Å². The molecule has 3 aromatic carbocycles. The predicted molar refractivity (Wildman–Crippen MR) is 77.9 cm³/mol. The standard InChI is InChI=1S/C17H12FNO/c18-12-8-9-15(17(19)20)16(10-12)14-7-3-5-11-4-1-2-6-13(11)14/h1-10H,(H2,19,20). The molecule has 3 heteroatoms. The molecule has 0 aliphatic rings. The van der Waals surface area contributed by atoms with Crippen molar-refractivity contribution in [3.8, 4) is 11.1 Å². The van der Waals surface area contributed by atoms with Crippen LogP contribution in [0.25, 0.3) is 21.9 Å². The highest BCUT2D eigenvalue weighted by atomic mass is 19.1. The van der Waals surface area contributed by atoms with Crippen LogP contribution in [0.2, 0.25) is 0 Å². The van der Waals surface area contributed by atoms with E-state index >= 15 is 0 Å². The Balaban J connectivity index is 2.36. The van der Waals surface area contributed by atoms with Gasteiger partial charge in [-0.2, -0.15) is 0 Å². The van der Waals surface area contributed by atoms with E-state index in [0.29, 0.717) is 11.1 Å². The van der Waals surface area contributed by atoms with Gasteiger partial charge in [0.05, 0.1) is 0 Å². The number of fused-ring (bicyclic) bond motifs is 1. The Morgan fingerprint density at radius 1 is 0.900 bits per heavy atom. The summed E-state index contributed by atoms with van der Waals surface area (Å²) in [7, 11) is 0. The van der Waals surface area contributed by atoms with Gasteiger partial charge < -0.3 is 5.73 Å². The van der Waals surface area contributed by atoms with E-state index in [1.165, 1.54) is 18.2 Å². The summed E-state index contributed by atoms with van der Waals surface area (Å²) in [6, 6.07) is 17.5. The second-order valence-corrected chi connectivity index (χ2v) is 4.58. The van der Waals surface area contributed by atoms with E-state index in [4.69, 9.17) is 5.73 Å². The van der Waals surface area contributed by atoms with E-state index in [-0.39, 0.29) is 0 Å². The van der Waals surface area contributed by atoms with E-state index in [9.17, 15) is 9.18 Å². The number of hydrogen-bond acceptors (Lipinski definition) is 1. The summed E-state index contributed by atoms with van der Waals surface area (Å²) in [5, 5.41) is 1.99. The van der Waals surface area contributed by atoms with E-state index in [1.54, 1.807) is 0 Å². The Bertz CT molecular complexity index is 806. The first-order valence-electron chi connectivity index (χ1n) is 6.24. The second-order valence-electron chi connectivity index (χ2n) is 4.58. The lowest BCUT2D eigenvalue weighted by Crippen LogP contribution is -2.12. The van der Waals surface area contributed by atoms with Gasteiger partial charge in [0.15, 0.2) is 0 Å². The van der Waals surface area contributed by atoms with Crippen LogP contribution in [0.4, 0.5) is 4.39 Å². The van der Waals surface area contributed by atoms with Gasteiger partial charge in [-0.1, -0.05) is 42.5 Å². The first kappa shape index (κ1) is 12.4. The summed E-state index contributed by atoms with van der Waals surface area (Å²) >= 11 is 0. The van der Waals surface area contributed by atoms with Crippen molar-refractivity contribution in [3.63, 3.8) is 0 Å². The molecule has 0 aromatic heterocycles. The molecule has 0 bridgehead atoms. The van der Waals surface area contributed by atoms with Gasteiger partial charge in [-0.3, -0.25) is 4.79 Å². The fourth-order valence-corrected chi connectivity index (χ4v) is 2.41. The SMILES string of the molecule is NC(=O)c1ccc(F)cc1-c1cccc2ccccc12. The Morgan fingerprint density at radius 3 is 2.45 bits per heavy atom. The molecule has 3 rings (SSSR count). The third-order valence-corrected chi connectivity index (χ3v) is 3.33. The maximum atomic E-state index is 13.5. The summed E-state index contributed by atoms with van der Waals surface area (Å²) in [5.41, 5.74) is 7.03. The first-order chi connectivity index (χ1) is 9.66. The number of benzene rings is 3. The Labute approximate surface area is 115 Å². The largest absolute Gasteiger partial charge is 0.366 e. The van der Waals surface area contributed by atoms with Crippen LogP contribution in [-0.4, -0.2) is 5.91 Å². The van der Waals surface area contributed by atoms with Gasteiger partial charge in [-0.15, -0.1) is 0 Å². The van der Waals surface area contributed by atoms with Crippen LogP contribution in [0.1, 0.15) is 10.4 Å². The van der Waals surface area contributed by atoms with Gasteiger partial charge in [0.1, 0.15) is 5.82 Å². The molecule has 0 aliphatic heterocycles. The molecule has 20 heavy (non-hydrogen) atoms. The summed E-state index contributed by atoms with van der Waals surface area (Å²) in [5.74, 6) is -0.953. The first-order valence-corrected chi connectivity index (χ1v) is 6.24. The maximum absolute atomic E-state index is 13.5. The highest BCUT2D eigenvalue weighted by Gasteiger charge is 2.13. The molecule has 98 valence electrons. The van der Waals surface area contributed by atoms with Gasteiger partial charge >= 0.3 is 0 Å². The number of hydrogen-bond donors (Lipinski definition) is 1. The van der Waals surface area contributed by atoms with E-state index in [1.807, 2.05) is 42.5 Å². The van der Waals surface area contributed by atoms with Crippen molar-refractivity contribution in [1.82, 2.24) is 0 Å². The maximum Gasteiger partial charge on any atom is 0.249 e. The Kier molecular flexibility index (Phi) is 2.95. The van der Waals surface area contributed by atoms with Crippen LogP contribution in [0, 0.1) is 5.82 Å². The molecule has 0 spiro atoms. The third-order valence-electron chi connectivity index (χ3n) is 3.33. The van der Waals surface area contributed by atoms with Gasteiger partial charge in [0.2, 0.25) is 5.91 Å². The molecule has 0 aliphatic carbocycles. The lowest BCUT2D eigenvalue weighted by molar-refractivity contribution is 0.100. The van der Waals surface area contributed by atoms with Crippen molar-refractivity contribution in [2.45, 2.75) is 0 Å². The topological polar surface area (TPSA) is 43.1 Å². The minimum absolute atomic E-state index is 0.322. The van der Waals surface area contributed by atoms with Gasteiger partial charge in [0, 0.05) is 5.56 Å². The molecule has 0 heterocycles. The number of carbonyl (C=O) groups excluding carboxylic acids is 1. The van der Waals surface area contributed by atoms with Gasteiger partial charge in [-0.25, -0.2) is 4.39 Å². The monoisotopic (exact) mass is 265 g/mol. The zero-order valence-corrected chi connectivity index (χ0v) is 10.6. The van der Waals surface area contributed by atoms with Crippen molar-refractivity contribution in [2.75, 3.05) is 0 Å². The van der Waals surface area contributed by atoms with Crippen LogP contribution in [0.3, 0.4) is 0 Å². The zero-order valence-electron chi connectivity index (χ0n) is 10.6. The number of rotatable bonds is 2. The lowest BCUT2D eigenvalue weighted by Gasteiger charge is -2.10. The molecule has 3 aromatic rings. The molecule has 2 N–H and O–H groups in total. The highest BCUT2D eigenvalue weighted by molar-refractivity contribution is 6.05. The molecule has 0 atom stereocenters. The molecule has 2 nitrogen and oxygen atoms in total. The fourth-order valence-electron chi connectivity index (χ4n) is 2.41. The van der Waals surface area contributed by atoms with Crippen LogP contribution >= 0.6 is 0 Å². The minimum Gasteiger partial charge on any atom is -0.366 e. The minimum atomic E-state index is -0.562. The Morgan fingerprint density at radius 2 is 1.65 bits per heavy atom. The number of carbonyl (C=O) groups is 1. The van der Waals surface area contributed by atoms with Crippen LogP contribution in [0.15, 0.2) is 60.7 Å². The third kappa shape index (κ3) is 2.03. The van der Waals surface area contributed by atoms with E-state index < -0.39 is 11.7 Å². The summed E-state index contributed by atoms with van der Waals surface area (Å²) in [6.45, 7) is 0. The average Bonchev–Trinajstić information content (AvgIpc) is 2.46. The summed E-state index contributed by atoms with van der Waals surface area (Å²) in [6.07, 6.45) is 0. The smallest absolute Gasteiger partial charge is 0.249 e. The normalized spacial score (nSPS) is 10.7. The van der Waals surface area contributed by atoms with Gasteiger partial charge in [0.25, 0.3) is 0 Å². The lowest BCUT2D eigenvalue weighted by atomic mass is 9.94. The molecule has 1 amide bonds. The molecular weight excluding hydrogens is 253 g/mol. The summed E-state index contributed by atoms with van der Waals surface area (Å²) in [4.78, 5) is 11.5. The molecule has 0 fully saturated rings. The molecule has 0 saturated heterocycles. The van der Waals surface area contributed by atoms with E-state index in [0.717, 1.165) is 16.3 Å². The Hall–Kier alpha value is -2.68. The second kappa shape index (κ2) is 4.78. The predicted octanol–water partition coefficient (Wildman–Crippen LogP) is 3.74. The number of halogens is 1. The van der Waals surface area contributed by atoms with Crippen LogP contribution in [0.5, 0.6) is 0 Å². The summed E-state index contributed by atoms with van der Waals surface area (Å²) < 4.78 is 13.5. The molecule has 0 unspecified atom stereocenters. The number of amides is 1. The molecule has 0 radical (unpaired) electrons. The average molecular weight is 265 g/mol. The highest BCUT2D eigenvalue weighted by Crippen LogP contribution is 2.31. The van der Waals surface area contributed by atoms with E-state index in [2.05, 4.69) is 0 Å². The quantitative estimate of drug-likeness (QED) is 0.753. The van der Waals surface area contributed by atoms with Crippen LogP contribution < -0.4 is 5.73 Å². The number of nitrogens with two attached hydrogens (primary N) is 1. The zero-order chi connectivity index (χ0) is 14.1. The van der Waals surface area contributed by atoms with Crippen LogP contribution in [-0.2, 0) is 0 Å². The van der Waals surface area contributed by atoms with Gasteiger partial charge in [-0.05, 0) is 40.1 Å². The number of primary amides is 1. The van der Waals surface area contributed by atoms with Crippen molar-refractivity contribution >= 4 is 16.7 Å². The van der Waals surface area contributed by atoms with Crippen molar-refractivity contribution in [2.24, 2.45) is 5.73 Å². The van der Waals surface area contributed by atoms with Crippen molar-refractivity contribution in [1.29, 1.82) is 0 Å².